The minimum Gasteiger partial charge on any atom is -0.497 e. The lowest BCUT2D eigenvalue weighted by Crippen LogP contribution is -2.00. The van der Waals surface area contributed by atoms with Gasteiger partial charge in [0.2, 0.25) is 0 Å². The molecule has 5 rings (SSSR count). The maximum absolute atomic E-state index is 5.32. The van der Waals surface area contributed by atoms with Crippen molar-refractivity contribution in [2.24, 2.45) is 0 Å². The number of rotatable bonds is 5. The molecule has 0 bridgehead atoms. The lowest BCUT2D eigenvalue weighted by atomic mass is 10.0. The summed E-state index contributed by atoms with van der Waals surface area (Å²) in [5, 5.41) is 12.8. The van der Waals surface area contributed by atoms with Gasteiger partial charge in [-0.25, -0.2) is 4.98 Å². The maximum atomic E-state index is 5.32. The molecule has 3 aromatic heterocycles. The van der Waals surface area contributed by atoms with Crippen LogP contribution in [-0.2, 0) is 6.54 Å². The molecule has 3 heterocycles. The summed E-state index contributed by atoms with van der Waals surface area (Å²) in [7, 11) is 1.69. The van der Waals surface area contributed by atoms with E-state index >= 15 is 0 Å². The van der Waals surface area contributed by atoms with Crippen LogP contribution in [0.4, 0.5) is 0 Å². The van der Waals surface area contributed by atoms with Gasteiger partial charge in [-0.05, 0) is 41.1 Å². The molecule has 2 aromatic carbocycles. The molecule has 0 saturated heterocycles. The average molecular weight is 386 g/mol. The largest absolute Gasteiger partial charge is 0.497 e. The van der Waals surface area contributed by atoms with Crippen molar-refractivity contribution in [1.82, 2.24) is 19.7 Å². The quantitative estimate of drug-likeness (QED) is 0.451. The second-order valence-corrected chi connectivity index (χ2v) is 7.45. The van der Waals surface area contributed by atoms with Crippen LogP contribution >= 0.6 is 11.3 Å². The fourth-order valence-corrected chi connectivity index (χ4v) is 4.15. The fourth-order valence-electron chi connectivity index (χ4n) is 3.47. The van der Waals surface area contributed by atoms with Gasteiger partial charge >= 0.3 is 0 Å². The van der Waals surface area contributed by atoms with Crippen molar-refractivity contribution in [2.45, 2.75) is 6.54 Å². The number of ether oxygens (including phenoxy) is 1. The van der Waals surface area contributed by atoms with E-state index in [4.69, 9.17) is 4.74 Å². The van der Waals surface area contributed by atoms with Gasteiger partial charge in [0.25, 0.3) is 0 Å². The number of H-pyrrole nitrogens is 1. The molecule has 1 N–H and O–H groups in total. The first-order chi connectivity index (χ1) is 13.8. The van der Waals surface area contributed by atoms with Crippen molar-refractivity contribution in [3.8, 4) is 27.7 Å². The molecule has 0 aliphatic heterocycles. The van der Waals surface area contributed by atoms with E-state index in [0.29, 0.717) is 0 Å². The molecule has 5 nitrogen and oxygen atoms in total. The molecule has 0 atom stereocenters. The van der Waals surface area contributed by atoms with Gasteiger partial charge in [0.15, 0.2) is 0 Å². The predicted molar refractivity (Wildman–Crippen MR) is 113 cm³/mol. The summed E-state index contributed by atoms with van der Waals surface area (Å²) in [6.45, 7) is 0.731. The van der Waals surface area contributed by atoms with E-state index in [1.165, 1.54) is 5.39 Å². The lowest BCUT2D eigenvalue weighted by Gasteiger charge is -2.09. The number of methoxy groups -OCH3 is 1. The zero-order valence-corrected chi connectivity index (χ0v) is 16.1. The van der Waals surface area contributed by atoms with Crippen LogP contribution < -0.4 is 4.74 Å². The van der Waals surface area contributed by atoms with Crippen LogP contribution in [0.2, 0.25) is 0 Å². The second-order valence-electron chi connectivity index (χ2n) is 6.56. The van der Waals surface area contributed by atoms with Gasteiger partial charge in [-0.15, -0.1) is 11.3 Å². The molecule has 0 aliphatic carbocycles. The highest BCUT2D eigenvalue weighted by molar-refractivity contribution is 7.13. The molecule has 0 amide bonds. The third-order valence-corrected chi connectivity index (χ3v) is 5.67. The number of aromatic nitrogens is 4. The highest BCUT2D eigenvalue weighted by atomic mass is 32.1. The summed E-state index contributed by atoms with van der Waals surface area (Å²) in [6.07, 6.45) is 5.82. The highest BCUT2D eigenvalue weighted by Gasteiger charge is 2.12. The molecule has 138 valence electrons. The average Bonchev–Trinajstić information content (AvgIpc) is 3.49. The summed E-state index contributed by atoms with van der Waals surface area (Å²) >= 11 is 1.65. The van der Waals surface area contributed by atoms with Crippen molar-refractivity contribution in [2.75, 3.05) is 7.11 Å². The molecule has 0 aliphatic rings. The van der Waals surface area contributed by atoms with Crippen LogP contribution in [0.5, 0.6) is 5.75 Å². The van der Waals surface area contributed by atoms with Gasteiger partial charge in [0.1, 0.15) is 10.8 Å². The topological polar surface area (TPSA) is 55.7 Å². The minimum atomic E-state index is 0.731. The van der Waals surface area contributed by atoms with Gasteiger partial charge in [-0.1, -0.05) is 18.2 Å². The molecule has 0 unspecified atom stereocenters. The Labute approximate surface area is 166 Å². The van der Waals surface area contributed by atoms with E-state index in [2.05, 4.69) is 62.3 Å². The van der Waals surface area contributed by atoms with Crippen molar-refractivity contribution in [3.63, 3.8) is 0 Å². The summed E-state index contributed by atoms with van der Waals surface area (Å²) in [4.78, 5) is 4.44. The standard InChI is InChI=1S/C22H18N4OS/c1-27-19-7-6-15-11-17(5-4-16(15)12-19)21-18(13-24-25-21)14-26-9-2-3-20(26)22-23-8-10-28-22/h2-13H,14H2,1H3,(H,24,25). The van der Waals surface area contributed by atoms with E-state index < -0.39 is 0 Å². The second kappa shape index (κ2) is 6.98. The minimum absolute atomic E-state index is 0.731. The van der Waals surface area contributed by atoms with Gasteiger partial charge in [0, 0.05) is 28.9 Å². The number of fused-ring (bicyclic) bond motifs is 1. The van der Waals surface area contributed by atoms with E-state index in [-0.39, 0.29) is 0 Å². The van der Waals surface area contributed by atoms with Crippen LogP contribution in [-0.4, -0.2) is 26.9 Å². The van der Waals surface area contributed by atoms with Crippen molar-refractivity contribution in [1.29, 1.82) is 0 Å². The molecule has 6 heteroatoms. The molecule has 0 fully saturated rings. The molecule has 28 heavy (non-hydrogen) atoms. The van der Waals surface area contributed by atoms with Crippen molar-refractivity contribution in [3.05, 3.63) is 78.1 Å². The first-order valence-corrected chi connectivity index (χ1v) is 9.85. The van der Waals surface area contributed by atoms with Crippen molar-refractivity contribution < 1.29 is 4.74 Å². The number of benzene rings is 2. The SMILES string of the molecule is COc1ccc2cc(-c3[nH]ncc3Cn3cccc3-c3nccs3)ccc2c1. The van der Waals surface area contributed by atoms with Gasteiger partial charge in [-0.2, -0.15) is 5.10 Å². The number of hydrogen-bond donors (Lipinski definition) is 1. The third kappa shape index (κ3) is 2.97. The van der Waals surface area contributed by atoms with E-state index in [1.807, 2.05) is 29.9 Å². The van der Waals surface area contributed by atoms with Gasteiger partial charge in [0.05, 0.1) is 31.2 Å². The van der Waals surface area contributed by atoms with E-state index in [1.54, 1.807) is 18.4 Å². The van der Waals surface area contributed by atoms with Crippen LogP contribution in [0.3, 0.4) is 0 Å². The Morgan fingerprint density at radius 2 is 2.00 bits per heavy atom. The number of thiazole rings is 1. The van der Waals surface area contributed by atoms with Crippen LogP contribution in [0.15, 0.2) is 72.5 Å². The molecule has 0 radical (unpaired) electrons. The van der Waals surface area contributed by atoms with Crippen LogP contribution in [0.25, 0.3) is 32.7 Å². The summed E-state index contributed by atoms with van der Waals surface area (Å²) in [6, 6.07) is 16.7. The monoisotopic (exact) mass is 386 g/mol. The molecule has 0 saturated carbocycles. The number of nitrogens with one attached hydrogen (secondary N) is 1. The summed E-state index contributed by atoms with van der Waals surface area (Å²) < 4.78 is 7.53. The lowest BCUT2D eigenvalue weighted by molar-refractivity contribution is 0.415. The van der Waals surface area contributed by atoms with Gasteiger partial charge < -0.3 is 9.30 Å². The Kier molecular flexibility index (Phi) is 4.18. The maximum Gasteiger partial charge on any atom is 0.139 e. The predicted octanol–water partition coefficient (Wildman–Crippen LogP) is 5.21. The molecular formula is C22H18N4OS. The zero-order chi connectivity index (χ0) is 18.9. The van der Waals surface area contributed by atoms with Crippen LogP contribution in [0, 0.1) is 0 Å². The summed E-state index contributed by atoms with van der Waals surface area (Å²) in [5.41, 5.74) is 4.42. The molecule has 0 spiro atoms. The normalized spacial score (nSPS) is 11.2. The molecular weight excluding hydrogens is 368 g/mol. The van der Waals surface area contributed by atoms with Gasteiger partial charge in [-0.3, -0.25) is 5.10 Å². The fraction of sp³-hybridized carbons (Fsp3) is 0.0909. The van der Waals surface area contributed by atoms with E-state index in [9.17, 15) is 0 Å². The summed E-state index contributed by atoms with van der Waals surface area (Å²) in [5.74, 6) is 0.866. The Morgan fingerprint density at radius 1 is 1.11 bits per heavy atom. The van der Waals surface area contributed by atoms with Crippen LogP contribution in [0.1, 0.15) is 5.56 Å². The first kappa shape index (κ1) is 16.8. The Hall–Kier alpha value is -3.38. The van der Waals surface area contributed by atoms with E-state index in [0.717, 1.165) is 45.2 Å². The third-order valence-electron chi connectivity index (χ3n) is 4.88. The first-order valence-electron chi connectivity index (χ1n) is 8.97. The number of aromatic amines is 1. The highest BCUT2D eigenvalue weighted by Crippen LogP contribution is 2.29. The smallest absolute Gasteiger partial charge is 0.139 e. The zero-order valence-electron chi connectivity index (χ0n) is 15.3. The Balaban J connectivity index is 1.50. The van der Waals surface area contributed by atoms with Crippen molar-refractivity contribution >= 4 is 22.1 Å². The molecule has 5 aromatic rings. The number of hydrogen-bond acceptors (Lipinski definition) is 4. The Bertz CT molecular complexity index is 1240. The number of nitrogens with zero attached hydrogens (tertiary/aromatic N) is 3. The Morgan fingerprint density at radius 3 is 2.86 bits per heavy atom.